The molecule has 0 aliphatic carbocycles. The molecule has 0 fully saturated rings. The lowest BCUT2D eigenvalue weighted by Crippen LogP contribution is -2.51. The summed E-state index contributed by atoms with van der Waals surface area (Å²) < 4.78 is 62.9. The van der Waals surface area contributed by atoms with Gasteiger partial charge in [-0.15, -0.1) is 0 Å². The van der Waals surface area contributed by atoms with Crippen LogP contribution in [0.5, 0.6) is 11.5 Å². The summed E-state index contributed by atoms with van der Waals surface area (Å²) in [5, 5.41) is 10.5. The van der Waals surface area contributed by atoms with Gasteiger partial charge in [0.25, 0.3) is 5.56 Å². The molecular formula is C26H22F2N4O4S. The number of hydrogen-bond acceptors (Lipinski definition) is 5. The lowest BCUT2D eigenvalue weighted by molar-refractivity contribution is 0.439. The van der Waals surface area contributed by atoms with E-state index in [1.54, 1.807) is 19.3 Å². The lowest BCUT2D eigenvalue weighted by atomic mass is 9.96. The van der Waals surface area contributed by atoms with Gasteiger partial charge in [0, 0.05) is 42.6 Å². The molecule has 2 aromatic carbocycles. The van der Waals surface area contributed by atoms with Gasteiger partial charge in [-0.25, -0.2) is 17.2 Å². The molecule has 1 aliphatic heterocycles. The quantitative estimate of drug-likeness (QED) is 0.420. The number of aromatic nitrogens is 2. The van der Waals surface area contributed by atoms with Crippen molar-refractivity contribution < 1.29 is 21.9 Å². The van der Waals surface area contributed by atoms with E-state index in [0.717, 1.165) is 16.4 Å². The Bertz CT molecular complexity index is 1790. The minimum atomic E-state index is -3.95. The summed E-state index contributed by atoms with van der Waals surface area (Å²) >= 11 is 0. The van der Waals surface area contributed by atoms with Crippen molar-refractivity contribution in [1.29, 1.82) is 5.26 Å². The largest absolute Gasteiger partial charge is 0.454 e. The van der Waals surface area contributed by atoms with Crippen molar-refractivity contribution in [3.8, 4) is 28.7 Å². The number of benzene rings is 2. The second-order valence-corrected chi connectivity index (χ2v) is 11.2. The molecule has 1 N–H and O–H groups in total. The van der Waals surface area contributed by atoms with Gasteiger partial charge in [0.1, 0.15) is 17.1 Å². The molecule has 8 nitrogen and oxygen atoms in total. The topological polar surface area (TPSA) is 108 Å². The SMILES string of the molecule is CCS(=O)(=O)N1c2ccc(Oc3ccc(F)cc3F)c(c2)-c2cn(C)c(=O)c3cc([nH]c23)CC1(C)C#N. The maximum Gasteiger partial charge on any atom is 0.259 e. The Morgan fingerprint density at radius 3 is 2.54 bits per heavy atom. The molecule has 1 aliphatic rings. The van der Waals surface area contributed by atoms with Crippen molar-refractivity contribution >= 4 is 26.6 Å². The molecule has 190 valence electrons. The first kappa shape index (κ1) is 24.5. The molecule has 5 rings (SSSR count). The molecule has 2 aromatic heterocycles. The highest BCUT2D eigenvalue weighted by Crippen LogP contribution is 2.43. The van der Waals surface area contributed by atoms with E-state index in [9.17, 15) is 27.3 Å². The molecule has 11 heteroatoms. The van der Waals surface area contributed by atoms with Crippen LogP contribution in [0.1, 0.15) is 19.5 Å². The van der Waals surface area contributed by atoms with Gasteiger partial charge in [-0.1, -0.05) is 0 Å². The highest BCUT2D eigenvalue weighted by molar-refractivity contribution is 7.92. The fourth-order valence-electron chi connectivity index (χ4n) is 4.73. The van der Waals surface area contributed by atoms with Crippen molar-refractivity contribution in [2.24, 2.45) is 7.05 Å². The third-order valence-electron chi connectivity index (χ3n) is 6.48. The number of nitrogens with one attached hydrogen (secondary N) is 1. The van der Waals surface area contributed by atoms with E-state index >= 15 is 0 Å². The minimum Gasteiger partial charge on any atom is -0.454 e. The van der Waals surface area contributed by atoms with Gasteiger partial charge in [0.2, 0.25) is 10.0 Å². The third kappa shape index (κ3) is 3.94. The van der Waals surface area contributed by atoms with Crippen LogP contribution in [0.15, 0.2) is 53.5 Å². The summed E-state index contributed by atoms with van der Waals surface area (Å²) in [4.78, 5) is 16.1. The number of sulfonamides is 1. The van der Waals surface area contributed by atoms with Crippen LogP contribution in [0.25, 0.3) is 22.0 Å². The van der Waals surface area contributed by atoms with Crippen molar-refractivity contribution in [2.75, 3.05) is 10.1 Å². The Balaban J connectivity index is 1.87. The molecule has 0 spiro atoms. The van der Waals surface area contributed by atoms with Crippen molar-refractivity contribution in [3.63, 3.8) is 0 Å². The Labute approximate surface area is 211 Å². The number of nitrogens with zero attached hydrogens (tertiary/aromatic N) is 3. The Morgan fingerprint density at radius 1 is 1.14 bits per heavy atom. The summed E-state index contributed by atoms with van der Waals surface area (Å²) in [5.74, 6) is -2.05. The van der Waals surface area contributed by atoms with Crippen LogP contribution < -0.4 is 14.6 Å². The van der Waals surface area contributed by atoms with E-state index in [0.29, 0.717) is 33.8 Å². The number of halogens is 2. The fraction of sp³-hybridized carbons (Fsp3) is 0.231. The predicted molar refractivity (Wildman–Crippen MR) is 135 cm³/mol. The number of ether oxygens (including phenoxy) is 1. The Kier molecular flexibility index (Phi) is 5.60. The van der Waals surface area contributed by atoms with Gasteiger partial charge in [0.15, 0.2) is 11.6 Å². The van der Waals surface area contributed by atoms with Gasteiger partial charge in [-0.05, 0) is 50.2 Å². The molecule has 3 heterocycles. The van der Waals surface area contributed by atoms with Crippen molar-refractivity contribution in [1.82, 2.24) is 9.55 Å². The van der Waals surface area contributed by atoms with Crippen molar-refractivity contribution in [3.05, 3.63) is 76.3 Å². The van der Waals surface area contributed by atoms with Gasteiger partial charge >= 0.3 is 0 Å². The highest BCUT2D eigenvalue weighted by atomic mass is 32.2. The Hall–Kier alpha value is -4.17. The number of rotatable bonds is 4. The monoisotopic (exact) mass is 524 g/mol. The van der Waals surface area contributed by atoms with Crippen LogP contribution in [-0.2, 0) is 23.5 Å². The van der Waals surface area contributed by atoms with E-state index in [1.807, 2.05) is 0 Å². The first-order valence-corrected chi connectivity index (χ1v) is 13.0. The number of H-pyrrole nitrogens is 1. The molecule has 0 amide bonds. The Morgan fingerprint density at radius 2 is 1.86 bits per heavy atom. The molecule has 4 aromatic rings. The van der Waals surface area contributed by atoms with E-state index in [2.05, 4.69) is 11.1 Å². The predicted octanol–water partition coefficient (Wildman–Crippen LogP) is 4.60. The summed E-state index contributed by atoms with van der Waals surface area (Å²) in [7, 11) is -2.37. The molecule has 0 saturated carbocycles. The molecular weight excluding hydrogens is 502 g/mol. The first-order valence-electron chi connectivity index (χ1n) is 11.4. The smallest absolute Gasteiger partial charge is 0.259 e. The maximum atomic E-state index is 14.5. The molecule has 0 radical (unpaired) electrons. The van der Waals surface area contributed by atoms with Crippen LogP contribution in [-0.4, -0.2) is 29.3 Å². The number of anilines is 1. The van der Waals surface area contributed by atoms with Gasteiger partial charge < -0.3 is 14.3 Å². The minimum absolute atomic E-state index is 0.00558. The van der Waals surface area contributed by atoms with Crippen LogP contribution in [0.3, 0.4) is 0 Å². The average molecular weight is 525 g/mol. The van der Waals surface area contributed by atoms with Crippen LogP contribution in [0, 0.1) is 23.0 Å². The number of aromatic amines is 1. The van der Waals surface area contributed by atoms with Crippen LogP contribution >= 0.6 is 0 Å². The maximum absolute atomic E-state index is 14.5. The lowest BCUT2D eigenvalue weighted by Gasteiger charge is -2.37. The highest BCUT2D eigenvalue weighted by Gasteiger charge is 2.41. The zero-order valence-electron chi connectivity index (χ0n) is 20.2. The average Bonchev–Trinajstić information content (AvgIpc) is 3.27. The molecule has 1 atom stereocenters. The second-order valence-electron chi connectivity index (χ2n) is 9.13. The summed E-state index contributed by atoms with van der Waals surface area (Å²) in [6.45, 7) is 3.00. The zero-order valence-corrected chi connectivity index (χ0v) is 21.0. The number of nitriles is 1. The first-order chi connectivity index (χ1) is 17.5. The number of hydrogen-bond donors (Lipinski definition) is 1. The number of aryl methyl sites for hydroxylation is 1. The van der Waals surface area contributed by atoms with Gasteiger partial charge in [-0.2, -0.15) is 5.26 Å². The van der Waals surface area contributed by atoms with Crippen molar-refractivity contribution in [2.45, 2.75) is 25.8 Å². The fourth-order valence-corrected chi connectivity index (χ4v) is 6.14. The number of fused-ring (bicyclic) bond motifs is 4. The normalized spacial score (nSPS) is 17.1. The van der Waals surface area contributed by atoms with E-state index in [-0.39, 0.29) is 34.9 Å². The standard InChI is InChI=1S/C26H22F2N4O4S/c1-4-37(34,35)32-17-6-8-22(36-23-7-5-15(27)9-21(23)28)18(11-17)20-13-31(3)25(33)19-10-16(30-24(19)20)12-26(32,2)14-29/h5-11,13,30H,4,12H2,1-3H3. The molecule has 1 unspecified atom stereocenters. The number of pyridine rings is 1. The zero-order chi connectivity index (χ0) is 26.7. The molecule has 0 saturated heterocycles. The third-order valence-corrected chi connectivity index (χ3v) is 8.38. The van der Waals surface area contributed by atoms with E-state index in [1.165, 1.54) is 36.6 Å². The van der Waals surface area contributed by atoms with Crippen LogP contribution in [0.4, 0.5) is 14.5 Å². The summed E-state index contributed by atoms with van der Waals surface area (Å²) in [6, 6.07) is 11.1. The summed E-state index contributed by atoms with van der Waals surface area (Å²) in [6.07, 6.45) is 1.57. The van der Waals surface area contributed by atoms with E-state index in [4.69, 9.17) is 4.74 Å². The molecule has 4 bridgehead atoms. The van der Waals surface area contributed by atoms with Crippen LogP contribution in [0.2, 0.25) is 0 Å². The second kappa shape index (κ2) is 8.45. The summed E-state index contributed by atoms with van der Waals surface area (Å²) in [5.41, 5.74) is 0.175. The molecule has 37 heavy (non-hydrogen) atoms. The van der Waals surface area contributed by atoms with Gasteiger partial charge in [-0.3, -0.25) is 9.10 Å². The van der Waals surface area contributed by atoms with E-state index < -0.39 is 27.2 Å². The van der Waals surface area contributed by atoms with Gasteiger partial charge in [0.05, 0.1) is 28.4 Å².